The molecule has 0 spiro atoms. The minimum absolute atomic E-state index is 0.0583. The van der Waals surface area contributed by atoms with Crippen molar-refractivity contribution in [1.82, 2.24) is 10.3 Å². The molecule has 0 aliphatic heterocycles. The van der Waals surface area contributed by atoms with Gasteiger partial charge in [0.2, 0.25) is 0 Å². The van der Waals surface area contributed by atoms with Crippen molar-refractivity contribution in [2.24, 2.45) is 0 Å². The van der Waals surface area contributed by atoms with Crippen LogP contribution in [-0.4, -0.2) is 11.5 Å². The van der Waals surface area contributed by atoms with Crippen LogP contribution in [0.15, 0.2) is 24.4 Å². The van der Waals surface area contributed by atoms with Gasteiger partial charge in [0, 0.05) is 16.6 Å². The fourth-order valence-electron chi connectivity index (χ4n) is 1.85. The molecule has 0 amide bonds. The van der Waals surface area contributed by atoms with E-state index in [4.69, 9.17) is 0 Å². The first-order chi connectivity index (χ1) is 8.63. The number of hydrogen-bond acceptors (Lipinski definition) is 3. The second kappa shape index (κ2) is 5.54. The fraction of sp³-hybridized carbons (Fsp3) is 0.308. The van der Waals surface area contributed by atoms with Gasteiger partial charge in [-0.2, -0.15) is 0 Å². The van der Waals surface area contributed by atoms with Gasteiger partial charge in [-0.15, -0.1) is 11.3 Å². The van der Waals surface area contributed by atoms with Crippen molar-refractivity contribution in [2.75, 3.05) is 6.54 Å². The highest BCUT2D eigenvalue weighted by Crippen LogP contribution is 2.30. The van der Waals surface area contributed by atoms with Crippen LogP contribution < -0.4 is 5.32 Å². The molecule has 96 valence electrons. The van der Waals surface area contributed by atoms with Crippen LogP contribution in [-0.2, 0) is 0 Å². The van der Waals surface area contributed by atoms with Gasteiger partial charge in [-0.05, 0) is 25.6 Å². The third-order valence-corrected chi connectivity index (χ3v) is 3.60. The smallest absolute Gasteiger partial charge is 0.131 e. The molecule has 1 atom stereocenters. The molecule has 0 saturated carbocycles. The normalized spacial score (nSPS) is 12.7. The molecular weight excluding hydrogens is 254 g/mol. The lowest BCUT2D eigenvalue weighted by Crippen LogP contribution is -2.23. The summed E-state index contributed by atoms with van der Waals surface area (Å²) in [6, 6.07) is 3.44. The highest BCUT2D eigenvalue weighted by molar-refractivity contribution is 7.11. The van der Waals surface area contributed by atoms with Crippen LogP contribution in [0.5, 0.6) is 0 Å². The zero-order valence-electron chi connectivity index (χ0n) is 10.2. The van der Waals surface area contributed by atoms with Crippen molar-refractivity contribution >= 4 is 11.3 Å². The Kier molecular flexibility index (Phi) is 4.04. The second-order valence-corrected chi connectivity index (χ2v) is 5.17. The Morgan fingerprint density at radius 3 is 2.50 bits per heavy atom. The van der Waals surface area contributed by atoms with Crippen molar-refractivity contribution in [1.29, 1.82) is 0 Å². The zero-order chi connectivity index (χ0) is 13.1. The molecule has 1 unspecified atom stereocenters. The molecule has 0 aliphatic rings. The lowest BCUT2D eigenvalue weighted by Gasteiger charge is -2.17. The molecule has 1 heterocycles. The van der Waals surface area contributed by atoms with Gasteiger partial charge in [-0.25, -0.2) is 13.8 Å². The van der Waals surface area contributed by atoms with Gasteiger partial charge in [-0.1, -0.05) is 13.0 Å². The van der Waals surface area contributed by atoms with Crippen LogP contribution in [0.3, 0.4) is 0 Å². The summed E-state index contributed by atoms with van der Waals surface area (Å²) in [5.74, 6) is -1.07. The predicted molar refractivity (Wildman–Crippen MR) is 68.7 cm³/mol. The molecule has 2 nitrogen and oxygen atoms in total. The molecule has 0 radical (unpaired) electrons. The molecule has 0 fully saturated rings. The summed E-state index contributed by atoms with van der Waals surface area (Å²) < 4.78 is 27.6. The van der Waals surface area contributed by atoms with E-state index in [1.165, 1.54) is 29.5 Å². The molecule has 1 N–H and O–H groups in total. The summed E-state index contributed by atoms with van der Waals surface area (Å²) in [5.41, 5.74) is 0.0583. The van der Waals surface area contributed by atoms with Gasteiger partial charge >= 0.3 is 0 Å². The van der Waals surface area contributed by atoms with Crippen molar-refractivity contribution in [3.8, 4) is 0 Å². The zero-order valence-corrected chi connectivity index (χ0v) is 11.0. The van der Waals surface area contributed by atoms with Gasteiger partial charge in [0.15, 0.2) is 0 Å². The van der Waals surface area contributed by atoms with Gasteiger partial charge in [-0.3, -0.25) is 0 Å². The Morgan fingerprint density at radius 1 is 1.33 bits per heavy atom. The standard InChI is InChI=1S/C13H14F2N2S/c1-3-16-13(11-7-17-8(2)18-11)12-9(14)5-4-6-10(12)15/h4-7,13,16H,3H2,1-2H3. The first-order valence-corrected chi connectivity index (χ1v) is 6.54. The number of nitrogens with zero attached hydrogens (tertiary/aromatic N) is 1. The van der Waals surface area contributed by atoms with E-state index in [0.717, 1.165) is 9.88 Å². The number of aryl methyl sites for hydroxylation is 1. The van der Waals surface area contributed by atoms with Crippen molar-refractivity contribution in [2.45, 2.75) is 19.9 Å². The van der Waals surface area contributed by atoms with E-state index >= 15 is 0 Å². The van der Waals surface area contributed by atoms with Crippen LogP contribution >= 0.6 is 11.3 Å². The molecule has 0 aliphatic carbocycles. The van der Waals surface area contributed by atoms with Crippen molar-refractivity contribution < 1.29 is 8.78 Å². The molecule has 2 aromatic rings. The quantitative estimate of drug-likeness (QED) is 0.919. The molecule has 0 bridgehead atoms. The number of benzene rings is 1. The van der Waals surface area contributed by atoms with Gasteiger partial charge < -0.3 is 5.32 Å². The Morgan fingerprint density at radius 2 is 2.00 bits per heavy atom. The Bertz CT molecular complexity index is 519. The first kappa shape index (κ1) is 13.1. The summed E-state index contributed by atoms with van der Waals surface area (Å²) in [6.07, 6.45) is 1.67. The minimum atomic E-state index is -0.535. The molecular formula is C13H14F2N2S. The van der Waals surface area contributed by atoms with E-state index in [-0.39, 0.29) is 5.56 Å². The summed E-state index contributed by atoms with van der Waals surface area (Å²) in [5, 5.41) is 3.98. The average molecular weight is 268 g/mol. The number of nitrogens with one attached hydrogen (secondary N) is 1. The molecule has 1 aromatic heterocycles. The van der Waals surface area contributed by atoms with Crippen molar-refractivity contribution in [3.05, 3.63) is 51.5 Å². The van der Waals surface area contributed by atoms with Crippen LogP contribution in [0.1, 0.15) is 28.4 Å². The third-order valence-electron chi connectivity index (χ3n) is 2.62. The highest BCUT2D eigenvalue weighted by Gasteiger charge is 2.22. The maximum Gasteiger partial charge on any atom is 0.131 e. The van der Waals surface area contributed by atoms with Crippen LogP contribution in [0, 0.1) is 18.6 Å². The monoisotopic (exact) mass is 268 g/mol. The van der Waals surface area contributed by atoms with Crippen LogP contribution in [0.4, 0.5) is 8.78 Å². The van der Waals surface area contributed by atoms with E-state index in [0.29, 0.717) is 6.54 Å². The topological polar surface area (TPSA) is 24.9 Å². The number of halogens is 2. The Balaban J connectivity index is 2.47. The molecule has 0 saturated heterocycles. The van der Waals surface area contributed by atoms with Gasteiger partial charge in [0.25, 0.3) is 0 Å². The fourth-order valence-corrected chi connectivity index (χ4v) is 2.72. The van der Waals surface area contributed by atoms with Crippen LogP contribution in [0.2, 0.25) is 0 Å². The van der Waals surface area contributed by atoms with Crippen LogP contribution in [0.25, 0.3) is 0 Å². The number of thiazole rings is 1. The number of aromatic nitrogens is 1. The molecule has 18 heavy (non-hydrogen) atoms. The summed E-state index contributed by atoms with van der Waals surface area (Å²) in [4.78, 5) is 4.96. The second-order valence-electron chi connectivity index (χ2n) is 3.91. The summed E-state index contributed by atoms with van der Waals surface area (Å²) in [7, 11) is 0. The van der Waals surface area contributed by atoms with Gasteiger partial charge in [0.05, 0.1) is 11.0 Å². The molecule has 1 aromatic carbocycles. The Hall–Kier alpha value is -1.33. The highest BCUT2D eigenvalue weighted by atomic mass is 32.1. The molecule has 5 heteroatoms. The van der Waals surface area contributed by atoms with E-state index < -0.39 is 17.7 Å². The maximum atomic E-state index is 13.8. The summed E-state index contributed by atoms with van der Waals surface area (Å²) in [6.45, 7) is 4.39. The largest absolute Gasteiger partial charge is 0.306 e. The number of hydrogen-bond donors (Lipinski definition) is 1. The minimum Gasteiger partial charge on any atom is -0.306 e. The van der Waals surface area contributed by atoms with Crippen molar-refractivity contribution in [3.63, 3.8) is 0 Å². The average Bonchev–Trinajstić information content (AvgIpc) is 2.74. The van der Waals surface area contributed by atoms with Gasteiger partial charge in [0.1, 0.15) is 11.6 Å². The lowest BCUT2D eigenvalue weighted by molar-refractivity contribution is 0.513. The van der Waals surface area contributed by atoms with E-state index in [1.807, 2.05) is 13.8 Å². The maximum absolute atomic E-state index is 13.8. The third kappa shape index (κ3) is 2.57. The SMILES string of the molecule is CCNC(c1cnc(C)s1)c1c(F)cccc1F. The predicted octanol–water partition coefficient (Wildman–Crippen LogP) is 3.43. The number of rotatable bonds is 4. The molecule has 2 rings (SSSR count). The Labute approximate surface area is 109 Å². The van der Waals surface area contributed by atoms with E-state index in [9.17, 15) is 8.78 Å². The summed E-state index contributed by atoms with van der Waals surface area (Å²) >= 11 is 1.44. The lowest BCUT2D eigenvalue weighted by atomic mass is 10.0. The van der Waals surface area contributed by atoms with E-state index in [2.05, 4.69) is 10.3 Å². The first-order valence-electron chi connectivity index (χ1n) is 5.73. The van der Waals surface area contributed by atoms with E-state index in [1.54, 1.807) is 6.20 Å².